The lowest BCUT2D eigenvalue weighted by Gasteiger charge is -2.06. The summed E-state index contributed by atoms with van der Waals surface area (Å²) >= 11 is 0. The Morgan fingerprint density at radius 2 is 2.28 bits per heavy atom. The summed E-state index contributed by atoms with van der Waals surface area (Å²) in [5.74, 6) is 0.928. The van der Waals surface area contributed by atoms with Gasteiger partial charge in [0.05, 0.1) is 7.11 Å². The predicted octanol–water partition coefficient (Wildman–Crippen LogP) is 0.226. The first-order valence-electron chi connectivity index (χ1n) is 5.08. The van der Waals surface area contributed by atoms with Crippen LogP contribution in [0.2, 0.25) is 0 Å². The lowest BCUT2D eigenvalue weighted by Crippen LogP contribution is -2.20. The molecule has 0 unspecified atom stereocenters. The van der Waals surface area contributed by atoms with Crippen molar-refractivity contribution >= 4 is 11.9 Å². The zero-order chi connectivity index (χ0) is 12.8. The van der Waals surface area contributed by atoms with Crippen molar-refractivity contribution < 1.29 is 14.3 Å². The second-order valence-electron chi connectivity index (χ2n) is 3.25. The number of nitrogens with one attached hydrogen (secondary N) is 2. The maximum absolute atomic E-state index is 11.4. The average Bonchev–Trinajstić information content (AvgIpc) is 2.89. The Hall–Kier alpha value is -2.64. The van der Waals surface area contributed by atoms with Gasteiger partial charge in [0.25, 0.3) is 11.9 Å². The van der Waals surface area contributed by atoms with Gasteiger partial charge in [-0.3, -0.25) is 10.1 Å². The number of rotatable bonds is 5. The van der Waals surface area contributed by atoms with Crippen molar-refractivity contribution in [1.82, 2.24) is 20.6 Å². The fraction of sp³-hybridized carbons (Fsp3) is 0.200. The topological polar surface area (TPSA) is 102 Å². The number of nitrogens with zero attached hydrogens (tertiary/aromatic N) is 3. The van der Waals surface area contributed by atoms with Gasteiger partial charge in [0.2, 0.25) is 0 Å². The molecule has 0 bridgehead atoms. The van der Waals surface area contributed by atoms with Crippen LogP contribution in [0.5, 0.6) is 11.5 Å². The molecule has 2 rings (SSSR count). The molecule has 8 heteroatoms. The number of carbonyl (C=O) groups is 1. The van der Waals surface area contributed by atoms with E-state index in [4.69, 9.17) is 9.47 Å². The number of aromatic nitrogens is 4. The van der Waals surface area contributed by atoms with Gasteiger partial charge in [-0.05, 0) is 17.3 Å². The summed E-state index contributed by atoms with van der Waals surface area (Å²) in [6.07, 6.45) is 0. The van der Waals surface area contributed by atoms with E-state index in [0.717, 1.165) is 0 Å². The van der Waals surface area contributed by atoms with Gasteiger partial charge in [-0.15, -0.1) is 5.10 Å². The summed E-state index contributed by atoms with van der Waals surface area (Å²) < 4.78 is 10.3. The number of hydrogen-bond acceptors (Lipinski definition) is 6. The van der Waals surface area contributed by atoms with E-state index >= 15 is 0 Å². The highest BCUT2D eigenvalue weighted by atomic mass is 16.5. The van der Waals surface area contributed by atoms with Crippen LogP contribution in [0.25, 0.3) is 0 Å². The number of ether oxygens (including phenoxy) is 2. The molecule has 1 amide bonds. The largest absolute Gasteiger partial charge is 0.497 e. The summed E-state index contributed by atoms with van der Waals surface area (Å²) in [4.78, 5) is 11.4. The SMILES string of the molecule is COc1cccc(OCC(=O)Nc2nn[nH]n2)c1. The lowest BCUT2D eigenvalue weighted by atomic mass is 10.3. The van der Waals surface area contributed by atoms with Crippen molar-refractivity contribution in [1.29, 1.82) is 0 Å². The van der Waals surface area contributed by atoms with Crippen LogP contribution < -0.4 is 14.8 Å². The van der Waals surface area contributed by atoms with Gasteiger partial charge in [0.15, 0.2) is 6.61 Å². The zero-order valence-corrected chi connectivity index (χ0v) is 9.58. The summed E-state index contributed by atoms with van der Waals surface area (Å²) in [6.45, 7) is -0.151. The molecule has 0 fully saturated rings. The predicted molar refractivity (Wildman–Crippen MR) is 61.3 cm³/mol. The number of anilines is 1. The number of tetrazole rings is 1. The van der Waals surface area contributed by atoms with Gasteiger partial charge in [0.1, 0.15) is 11.5 Å². The average molecular weight is 249 g/mol. The molecule has 0 radical (unpaired) electrons. The van der Waals surface area contributed by atoms with Gasteiger partial charge in [-0.2, -0.15) is 5.21 Å². The van der Waals surface area contributed by atoms with E-state index in [-0.39, 0.29) is 18.5 Å². The van der Waals surface area contributed by atoms with Crippen molar-refractivity contribution in [3.05, 3.63) is 24.3 Å². The fourth-order valence-corrected chi connectivity index (χ4v) is 1.22. The van der Waals surface area contributed by atoms with E-state index in [9.17, 15) is 4.79 Å². The van der Waals surface area contributed by atoms with Gasteiger partial charge in [-0.1, -0.05) is 11.2 Å². The number of hydrogen-bond donors (Lipinski definition) is 2. The number of methoxy groups -OCH3 is 1. The number of H-pyrrole nitrogens is 1. The third kappa shape index (κ3) is 3.17. The van der Waals surface area contributed by atoms with Crippen LogP contribution in [-0.4, -0.2) is 40.2 Å². The minimum absolute atomic E-state index is 0.106. The number of benzene rings is 1. The zero-order valence-electron chi connectivity index (χ0n) is 9.58. The van der Waals surface area contributed by atoms with Crippen LogP contribution in [0.15, 0.2) is 24.3 Å². The van der Waals surface area contributed by atoms with Crippen molar-refractivity contribution in [3.63, 3.8) is 0 Å². The quantitative estimate of drug-likeness (QED) is 0.786. The van der Waals surface area contributed by atoms with E-state index in [1.807, 2.05) is 0 Å². The third-order valence-electron chi connectivity index (χ3n) is 2.01. The Morgan fingerprint density at radius 1 is 1.44 bits per heavy atom. The minimum Gasteiger partial charge on any atom is -0.497 e. The summed E-state index contributed by atoms with van der Waals surface area (Å²) in [5.41, 5.74) is 0. The molecule has 0 aliphatic heterocycles. The van der Waals surface area contributed by atoms with E-state index in [1.165, 1.54) is 0 Å². The summed E-state index contributed by atoms with van der Waals surface area (Å²) in [6, 6.07) is 6.96. The van der Waals surface area contributed by atoms with E-state index in [1.54, 1.807) is 31.4 Å². The minimum atomic E-state index is -0.376. The van der Waals surface area contributed by atoms with E-state index < -0.39 is 0 Å². The smallest absolute Gasteiger partial charge is 0.269 e. The molecular formula is C10H11N5O3. The molecule has 0 aliphatic carbocycles. The second-order valence-corrected chi connectivity index (χ2v) is 3.25. The summed E-state index contributed by atoms with van der Waals surface area (Å²) in [5, 5.41) is 15.1. The van der Waals surface area contributed by atoms with Gasteiger partial charge in [-0.25, -0.2) is 0 Å². The van der Waals surface area contributed by atoms with Crippen molar-refractivity contribution in [2.75, 3.05) is 19.0 Å². The number of carbonyl (C=O) groups excluding carboxylic acids is 1. The molecule has 0 aliphatic rings. The second kappa shape index (κ2) is 5.62. The molecule has 1 heterocycles. The van der Waals surface area contributed by atoms with E-state index in [0.29, 0.717) is 11.5 Å². The van der Waals surface area contributed by atoms with E-state index in [2.05, 4.69) is 25.9 Å². The van der Waals surface area contributed by atoms with Crippen molar-refractivity contribution in [2.45, 2.75) is 0 Å². The normalized spacial score (nSPS) is 9.83. The molecule has 2 N–H and O–H groups in total. The van der Waals surface area contributed by atoms with Crippen molar-refractivity contribution in [2.24, 2.45) is 0 Å². The first kappa shape index (κ1) is 11.8. The highest BCUT2D eigenvalue weighted by Crippen LogP contribution is 2.18. The molecular weight excluding hydrogens is 238 g/mol. The molecule has 1 aromatic heterocycles. The Labute approximate surface area is 102 Å². The Balaban J connectivity index is 1.85. The first-order valence-corrected chi connectivity index (χ1v) is 5.08. The first-order chi connectivity index (χ1) is 8.78. The van der Waals surface area contributed by atoms with Crippen LogP contribution in [0.3, 0.4) is 0 Å². The number of amides is 1. The van der Waals surface area contributed by atoms with Crippen LogP contribution in [0, 0.1) is 0 Å². The molecule has 18 heavy (non-hydrogen) atoms. The van der Waals surface area contributed by atoms with Crippen LogP contribution in [-0.2, 0) is 4.79 Å². The van der Waals surface area contributed by atoms with Crippen LogP contribution in [0.4, 0.5) is 5.95 Å². The maximum Gasteiger partial charge on any atom is 0.269 e. The van der Waals surface area contributed by atoms with Crippen LogP contribution >= 0.6 is 0 Å². The fourth-order valence-electron chi connectivity index (χ4n) is 1.22. The standard InChI is InChI=1S/C10H11N5O3/c1-17-7-3-2-4-8(5-7)18-6-9(16)11-10-12-14-15-13-10/h2-5H,6H2,1H3,(H2,11,12,13,14,15,16). The molecule has 94 valence electrons. The Kier molecular flexibility index (Phi) is 3.69. The summed E-state index contributed by atoms with van der Waals surface area (Å²) in [7, 11) is 1.56. The monoisotopic (exact) mass is 249 g/mol. The van der Waals surface area contributed by atoms with Gasteiger partial charge >= 0.3 is 0 Å². The molecule has 0 saturated heterocycles. The molecule has 0 saturated carbocycles. The highest BCUT2D eigenvalue weighted by molar-refractivity contribution is 5.90. The van der Waals surface area contributed by atoms with Crippen LogP contribution in [0.1, 0.15) is 0 Å². The molecule has 2 aromatic rings. The Morgan fingerprint density at radius 3 is 3.00 bits per heavy atom. The molecule has 0 spiro atoms. The highest BCUT2D eigenvalue weighted by Gasteiger charge is 2.06. The van der Waals surface area contributed by atoms with Gasteiger partial charge < -0.3 is 9.47 Å². The maximum atomic E-state index is 11.4. The number of aromatic amines is 1. The molecule has 0 atom stereocenters. The van der Waals surface area contributed by atoms with Gasteiger partial charge in [0, 0.05) is 6.07 Å². The molecule has 1 aromatic carbocycles. The Bertz CT molecular complexity index is 514. The van der Waals surface area contributed by atoms with Crippen molar-refractivity contribution in [3.8, 4) is 11.5 Å². The third-order valence-corrected chi connectivity index (χ3v) is 2.01. The lowest BCUT2D eigenvalue weighted by molar-refractivity contribution is -0.118. The molecule has 8 nitrogen and oxygen atoms in total.